The van der Waals surface area contributed by atoms with Gasteiger partial charge in [-0.25, -0.2) is 17.9 Å². The Morgan fingerprint density at radius 3 is 1.80 bits per heavy atom. The highest BCUT2D eigenvalue weighted by molar-refractivity contribution is 7.89. The first kappa shape index (κ1) is 25.4. The van der Waals surface area contributed by atoms with Crippen molar-refractivity contribution in [1.82, 2.24) is 0 Å². The number of primary amides is 1. The molecule has 0 saturated heterocycles. The Morgan fingerprint density at radius 1 is 1.12 bits per heavy atom. The van der Waals surface area contributed by atoms with Crippen molar-refractivity contribution in [3.63, 3.8) is 0 Å². The molecule has 0 atom stereocenters. The van der Waals surface area contributed by atoms with Gasteiger partial charge in [-0.3, -0.25) is 4.79 Å². The van der Waals surface area contributed by atoms with Gasteiger partial charge in [0, 0.05) is 12.8 Å². The Kier molecular flexibility index (Phi) is 13.7. The van der Waals surface area contributed by atoms with Crippen molar-refractivity contribution in [2.75, 3.05) is 0 Å². The van der Waals surface area contributed by atoms with E-state index in [4.69, 9.17) is 10.9 Å². The van der Waals surface area contributed by atoms with Gasteiger partial charge in [0.2, 0.25) is 15.9 Å². The fourth-order valence-electron chi connectivity index (χ4n) is 1.43. The third-order valence-corrected chi connectivity index (χ3v) is 3.54. The topological polar surface area (TPSA) is 120 Å². The van der Waals surface area contributed by atoms with Crippen LogP contribution >= 0.6 is 0 Å². The predicted molar refractivity (Wildman–Crippen MR) is 96.6 cm³/mol. The molecule has 6 nitrogen and oxygen atoms in total. The molecule has 0 aliphatic rings. The lowest BCUT2D eigenvalue weighted by atomic mass is 10.1. The van der Waals surface area contributed by atoms with E-state index >= 15 is 0 Å². The average Bonchev–Trinajstić information content (AvgIpc) is 2.44. The van der Waals surface area contributed by atoms with Gasteiger partial charge in [-0.2, -0.15) is 0 Å². The van der Waals surface area contributed by atoms with Crippen LogP contribution in [0, 0.1) is 17.7 Å². The standard InChI is InChI=1S/C6H6FNO2S.C6H12O.C5H11NO/c7-5-1-3-6(4-2-5)11(8,9)10;1-6(2)4-3-5-7;1-4(2)3-5(6)7/h1-4H,(H2,8,9,10);5-6H,3-4H2,1-2H3;4H,3H2,1-2H3,(H2,6,7). The molecule has 0 saturated carbocycles. The molecule has 0 heterocycles. The third-order valence-electron chi connectivity index (χ3n) is 2.61. The molecule has 0 spiro atoms. The van der Waals surface area contributed by atoms with Gasteiger partial charge in [-0.05, 0) is 42.5 Å². The van der Waals surface area contributed by atoms with Gasteiger partial charge in [-0.1, -0.05) is 27.7 Å². The number of hydrogen-bond donors (Lipinski definition) is 2. The molecule has 1 rings (SSSR count). The van der Waals surface area contributed by atoms with Crippen LogP contribution in [0.3, 0.4) is 0 Å². The van der Waals surface area contributed by atoms with E-state index in [0.29, 0.717) is 18.3 Å². The Morgan fingerprint density at radius 2 is 1.60 bits per heavy atom. The Hall–Kier alpha value is -1.80. The highest BCUT2D eigenvalue weighted by Crippen LogP contribution is 2.06. The maximum atomic E-state index is 12.2. The molecule has 0 radical (unpaired) electrons. The lowest BCUT2D eigenvalue weighted by molar-refractivity contribution is -0.118. The van der Waals surface area contributed by atoms with Gasteiger partial charge >= 0.3 is 0 Å². The van der Waals surface area contributed by atoms with Crippen LogP contribution in [-0.4, -0.2) is 20.6 Å². The molecule has 8 heteroatoms. The van der Waals surface area contributed by atoms with E-state index in [1.807, 2.05) is 13.8 Å². The third kappa shape index (κ3) is 18.4. The monoisotopic (exact) mass is 376 g/mol. The summed E-state index contributed by atoms with van der Waals surface area (Å²) in [6.45, 7) is 8.16. The van der Waals surface area contributed by atoms with Crippen LogP contribution in [0.25, 0.3) is 0 Å². The SMILES string of the molecule is CC(C)CC(N)=O.CC(C)CCC=O.NS(=O)(=O)c1ccc(F)cc1. The number of hydrogen-bond acceptors (Lipinski definition) is 4. The van der Waals surface area contributed by atoms with Crippen molar-refractivity contribution >= 4 is 22.2 Å². The molecule has 0 aliphatic heterocycles. The zero-order chi connectivity index (χ0) is 20.0. The summed E-state index contributed by atoms with van der Waals surface area (Å²) >= 11 is 0. The molecule has 4 N–H and O–H groups in total. The Balaban J connectivity index is 0. The second kappa shape index (κ2) is 13.5. The lowest BCUT2D eigenvalue weighted by Crippen LogP contribution is -2.12. The van der Waals surface area contributed by atoms with E-state index in [9.17, 15) is 22.4 Å². The van der Waals surface area contributed by atoms with Crippen molar-refractivity contribution in [3.8, 4) is 0 Å². The van der Waals surface area contributed by atoms with Gasteiger partial charge in [0.05, 0.1) is 4.90 Å². The second-order valence-corrected chi connectivity index (χ2v) is 7.76. The number of primary sulfonamides is 1. The van der Waals surface area contributed by atoms with Gasteiger partial charge < -0.3 is 10.5 Å². The minimum absolute atomic E-state index is 0.0844. The molecule has 0 unspecified atom stereocenters. The number of nitrogens with two attached hydrogens (primary N) is 2. The number of sulfonamides is 1. The molecule has 0 aliphatic carbocycles. The number of rotatable bonds is 6. The van der Waals surface area contributed by atoms with E-state index in [1.165, 1.54) is 0 Å². The van der Waals surface area contributed by atoms with E-state index in [-0.39, 0.29) is 10.8 Å². The molecule has 25 heavy (non-hydrogen) atoms. The van der Waals surface area contributed by atoms with Gasteiger partial charge in [0.15, 0.2) is 0 Å². The Bertz CT molecular complexity index is 600. The van der Waals surface area contributed by atoms with Crippen molar-refractivity contribution in [3.05, 3.63) is 30.1 Å². The minimum atomic E-state index is -3.69. The van der Waals surface area contributed by atoms with Crippen molar-refractivity contribution < 1.29 is 22.4 Å². The van der Waals surface area contributed by atoms with Crippen molar-refractivity contribution in [2.24, 2.45) is 22.7 Å². The molecular weight excluding hydrogens is 347 g/mol. The number of carbonyl (C=O) groups is 2. The lowest BCUT2D eigenvalue weighted by Gasteiger charge is -1.95. The summed E-state index contributed by atoms with van der Waals surface area (Å²) in [5.41, 5.74) is 4.85. The largest absolute Gasteiger partial charge is 0.370 e. The minimum Gasteiger partial charge on any atom is -0.370 e. The van der Waals surface area contributed by atoms with E-state index < -0.39 is 15.8 Å². The predicted octanol–water partition coefficient (Wildman–Crippen LogP) is 2.61. The smallest absolute Gasteiger partial charge is 0.238 e. The molecule has 1 aromatic rings. The van der Waals surface area contributed by atoms with E-state index in [2.05, 4.69) is 13.8 Å². The first-order valence-corrected chi connectivity index (χ1v) is 9.45. The Labute approximate surface area is 149 Å². The molecule has 1 amide bonds. The highest BCUT2D eigenvalue weighted by atomic mass is 32.2. The summed E-state index contributed by atoms with van der Waals surface area (Å²) in [4.78, 5) is 19.7. The molecule has 1 aromatic carbocycles. The van der Waals surface area contributed by atoms with Crippen LogP contribution in [-0.2, 0) is 19.6 Å². The first-order chi connectivity index (χ1) is 11.4. The highest BCUT2D eigenvalue weighted by Gasteiger charge is 2.05. The summed E-state index contributed by atoms with van der Waals surface area (Å²) in [5.74, 6) is 0.370. The number of halogens is 1. The number of amides is 1. The van der Waals surface area contributed by atoms with E-state index in [1.54, 1.807) is 0 Å². The van der Waals surface area contributed by atoms with Crippen LogP contribution in [0.1, 0.15) is 47.0 Å². The summed E-state index contributed by atoms with van der Waals surface area (Å²) in [6.07, 6.45) is 3.22. The van der Waals surface area contributed by atoms with Crippen LogP contribution in [0.5, 0.6) is 0 Å². The molecule has 0 fully saturated rings. The fourth-order valence-corrected chi connectivity index (χ4v) is 1.94. The van der Waals surface area contributed by atoms with Gasteiger partial charge in [0.1, 0.15) is 12.1 Å². The quantitative estimate of drug-likeness (QED) is 0.741. The van der Waals surface area contributed by atoms with Gasteiger partial charge in [0.25, 0.3) is 0 Å². The maximum absolute atomic E-state index is 12.2. The summed E-state index contributed by atoms with van der Waals surface area (Å²) in [6, 6.07) is 4.31. The zero-order valence-corrected chi connectivity index (χ0v) is 16.1. The van der Waals surface area contributed by atoms with Crippen LogP contribution in [0.2, 0.25) is 0 Å². The molecule has 0 aromatic heterocycles. The first-order valence-electron chi connectivity index (χ1n) is 7.90. The van der Waals surface area contributed by atoms with Crippen LogP contribution in [0.15, 0.2) is 29.2 Å². The zero-order valence-electron chi connectivity index (χ0n) is 15.2. The molecule has 0 bridgehead atoms. The summed E-state index contributed by atoms with van der Waals surface area (Å²) in [7, 11) is -3.69. The van der Waals surface area contributed by atoms with Crippen molar-refractivity contribution in [1.29, 1.82) is 0 Å². The fraction of sp³-hybridized carbons (Fsp3) is 0.529. The number of carbonyl (C=O) groups excluding carboxylic acids is 2. The van der Waals surface area contributed by atoms with Crippen molar-refractivity contribution in [2.45, 2.75) is 51.9 Å². The van der Waals surface area contributed by atoms with E-state index in [0.717, 1.165) is 43.4 Å². The normalized spacial score (nSPS) is 10.4. The number of benzene rings is 1. The number of aldehydes is 1. The maximum Gasteiger partial charge on any atom is 0.238 e. The average molecular weight is 376 g/mol. The van der Waals surface area contributed by atoms with Crippen LogP contribution < -0.4 is 10.9 Å². The van der Waals surface area contributed by atoms with Gasteiger partial charge in [-0.15, -0.1) is 0 Å². The summed E-state index contributed by atoms with van der Waals surface area (Å²) in [5, 5.41) is 4.76. The summed E-state index contributed by atoms with van der Waals surface area (Å²) < 4.78 is 33.4. The second-order valence-electron chi connectivity index (χ2n) is 6.20. The van der Waals surface area contributed by atoms with Crippen LogP contribution in [0.4, 0.5) is 4.39 Å². The molecular formula is C17H29FN2O4S. The molecule has 144 valence electrons.